The number of hydrogen-bond donors (Lipinski definition) is 1. The van der Waals surface area contributed by atoms with E-state index in [2.05, 4.69) is 9.97 Å². The molecule has 2 aromatic rings. The molecule has 0 atom stereocenters. The van der Waals surface area contributed by atoms with E-state index < -0.39 is 0 Å². The minimum Gasteiger partial charge on any atom is -1.00 e. The van der Waals surface area contributed by atoms with Crippen molar-refractivity contribution in [3.63, 3.8) is 0 Å². The summed E-state index contributed by atoms with van der Waals surface area (Å²) in [5.74, 6) is 1.03. The van der Waals surface area contributed by atoms with Crippen molar-refractivity contribution < 1.29 is 39.7 Å². The molecule has 5 rings (SSSR count). The first-order valence-corrected chi connectivity index (χ1v) is 13.6. The number of thiazole rings is 2. The number of hydrogen-bond acceptors (Lipinski definition) is 8. The molecule has 0 amide bonds. The quantitative estimate of drug-likeness (QED) is 0.482. The molecule has 1 aliphatic heterocycles. The number of esters is 1. The van der Waals surface area contributed by atoms with Gasteiger partial charge in [0.05, 0.1) is 34.3 Å². The zero-order valence-electron chi connectivity index (χ0n) is 21.1. The number of aromatic nitrogens is 2. The molecule has 3 aliphatic rings. The molecule has 3 heterocycles. The van der Waals surface area contributed by atoms with Gasteiger partial charge < -0.3 is 16.0 Å². The molecule has 34 heavy (non-hydrogen) atoms. The predicted octanol–water partition coefficient (Wildman–Crippen LogP) is 2.00. The van der Waals surface area contributed by atoms with E-state index in [1.807, 2.05) is 6.92 Å². The molecule has 3 fully saturated rings. The molecule has 2 saturated carbocycles. The van der Waals surface area contributed by atoms with E-state index in [4.69, 9.17) is 14.6 Å². The van der Waals surface area contributed by atoms with Crippen LogP contribution >= 0.6 is 22.7 Å². The standard InChI is InChI=1S/C11H15NO2S.C9H13NOS.C4H8O.Al.Li.4H/c1-2-14-11(13)9-7-12-10(15-9)8-5-3-4-6-8;11-6-8-5-10-9(12-8)7-3-1-2-4-7;1-2-4-5-3-1;;;;;;/h7-8H,2-6H2,1H3;5,7,11H,1-4,6H2;1-4H2;;;;;;/q;;;;+1;;;;-1. The zero-order chi connectivity index (χ0) is 22.6. The smallest absolute Gasteiger partial charge is 1.00 e. The first kappa shape index (κ1) is 31.8. The number of aliphatic hydroxyl groups is 1. The molecule has 186 valence electrons. The summed E-state index contributed by atoms with van der Waals surface area (Å²) in [6, 6.07) is 0. The van der Waals surface area contributed by atoms with Crippen LogP contribution in [0.4, 0.5) is 0 Å². The fourth-order valence-corrected chi connectivity index (χ4v) is 6.14. The molecule has 1 saturated heterocycles. The molecule has 10 heteroatoms. The zero-order valence-corrected chi connectivity index (χ0v) is 21.7. The maximum Gasteiger partial charge on any atom is 1.00 e. The van der Waals surface area contributed by atoms with Gasteiger partial charge in [-0.15, -0.1) is 22.7 Å². The Morgan fingerprint density at radius 3 is 1.97 bits per heavy atom. The molecule has 1 N–H and O–H groups in total. The number of carbonyl (C=O) groups is 1. The maximum absolute atomic E-state index is 11.4. The monoisotopic (exact) mass is 518 g/mol. The van der Waals surface area contributed by atoms with Crippen LogP contribution in [0.15, 0.2) is 12.4 Å². The van der Waals surface area contributed by atoms with Gasteiger partial charge in [-0.1, -0.05) is 25.7 Å². The summed E-state index contributed by atoms with van der Waals surface area (Å²) in [5.41, 5.74) is 0. The topological polar surface area (TPSA) is 81.5 Å². The second kappa shape index (κ2) is 18.1. The number of nitrogens with zero attached hydrogens (tertiary/aromatic N) is 2. The molecule has 6 nitrogen and oxygen atoms in total. The molecular weight excluding hydrogens is 478 g/mol. The molecule has 0 radical (unpaired) electrons. The Hall–Kier alpha value is -0.220. The van der Waals surface area contributed by atoms with Crippen LogP contribution < -0.4 is 18.9 Å². The Morgan fingerprint density at radius 1 is 1.00 bits per heavy atom. The van der Waals surface area contributed by atoms with E-state index >= 15 is 0 Å². The summed E-state index contributed by atoms with van der Waals surface area (Å²) >= 11 is 3.16. The minimum atomic E-state index is -0.237. The van der Waals surface area contributed by atoms with Crippen LogP contribution in [0.25, 0.3) is 0 Å². The Labute approximate surface area is 236 Å². The van der Waals surface area contributed by atoms with Crippen molar-refractivity contribution in [1.82, 2.24) is 9.97 Å². The van der Waals surface area contributed by atoms with Crippen molar-refractivity contribution >= 4 is 46.0 Å². The average Bonchev–Trinajstić information content (AvgIpc) is 3.67. The summed E-state index contributed by atoms with van der Waals surface area (Å²) < 4.78 is 9.88. The summed E-state index contributed by atoms with van der Waals surface area (Å²) in [4.78, 5) is 21.7. The molecule has 0 unspecified atom stereocenters. The van der Waals surface area contributed by atoms with Crippen molar-refractivity contribution in [1.29, 1.82) is 0 Å². The van der Waals surface area contributed by atoms with E-state index in [0.29, 0.717) is 23.3 Å². The van der Waals surface area contributed by atoms with Crippen molar-refractivity contribution in [3.8, 4) is 0 Å². The van der Waals surface area contributed by atoms with E-state index in [-0.39, 0.29) is 50.2 Å². The summed E-state index contributed by atoms with van der Waals surface area (Å²) in [7, 11) is 0. The SMILES string of the molecule is C1CCOC1.CCOC(=O)c1cnc(C2CCCC2)s1.OCc1cnc(C2CCCC2)s1.[AlH3].[H-].[Li+]. The Balaban J connectivity index is 0.000000521. The van der Waals surface area contributed by atoms with Gasteiger partial charge in [-0.2, -0.15) is 0 Å². The molecule has 0 bridgehead atoms. The van der Waals surface area contributed by atoms with E-state index in [1.54, 1.807) is 23.7 Å². The minimum absolute atomic E-state index is 0. The van der Waals surface area contributed by atoms with Crippen LogP contribution in [0, 0.1) is 0 Å². The fourth-order valence-electron chi connectivity index (χ4n) is 4.21. The van der Waals surface area contributed by atoms with Crippen molar-refractivity contribution in [2.45, 2.75) is 89.6 Å². The largest absolute Gasteiger partial charge is 1.00 e. The number of carbonyl (C=O) groups excluding carboxylic acids is 1. The van der Waals surface area contributed by atoms with Crippen LogP contribution in [0.5, 0.6) is 0 Å². The molecular formula is C24H40AlLiN2O4S2. The summed E-state index contributed by atoms with van der Waals surface area (Å²) in [5, 5.41) is 11.2. The van der Waals surface area contributed by atoms with Crippen LogP contribution in [-0.4, -0.2) is 58.2 Å². The molecule has 2 aliphatic carbocycles. The van der Waals surface area contributed by atoms with Gasteiger partial charge in [0.25, 0.3) is 0 Å². The predicted molar refractivity (Wildman–Crippen MR) is 140 cm³/mol. The van der Waals surface area contributed by atoms with Crippen LogP contribution in [0.1, 0.15) is 109 Å². The Bertz CT molecular complexity index is 803. The average molecular weight is 519 g/mol. The van der Waals surface area contributed by atoms with Crippen molar-refractivity contribution in [2.24, 2.45) is 0 Å². The van der Waals surface area contributed by atoms with Crippen LogP contribution in [0.2, 0.25) is 0 Å². The van der Waals surface area contributed by atoms with Gasteiger partial charge in [-0.3, -0.25) is 0 Å². The van der Waals surface area contributed by atoms with Crippen molar-refractivity contribution in [3.05, 3.63) is 32.2 Å². The molecule has 2 aromatic heterocycles. The van der Waals surface area contributed by atoms with Crippen LogP contribution in [-0.2, 0) is 16.1 Å². The van der Waals surface area contributed by atoms with E-state index in [1.165, 1.54) is 80.6 Å². The van der Waals surface area contributed by atoms with Gasteiger partial charge in [-0.05, 0) is 45.4 Å². The maximum atomic E-state index is 11.4. The third kappa shape index (κ3) is 10.4. The molecule has 0 spiro atoms. The van der Waals surface area contributed by atoms with Gasteiger partial charge >= 0.3 is 24.8 Å². The summed E-state index contributed by atoms with van der Waals surface area (Å²) in [6.45, 7) is 4.39. The number of rotatable bonds is 5. The number of aliphatic hydroxyl groups excluding tert-OH is 1. The second-order valence-corrected chi connectivity index (χ2v) is 10.6. The van der Waals surface area contributed by atoms with Gasteiger partial charge in [-0.25, -0.2) is 14.8 Å². The van der Waals surface area contributed by atoms with Crippen LogP contribution in [0.3, 0.4) is 0 Å². The van der Waals surface area contributed by atoms with Gasteiger partial charge in [0, 0.05) is 31.2 Å². The Morgan fingerprint density at radius 2 is 1.53 bits per heavy atom. The van der Waals surface area contributed by atoms with Crippen molar-refractivity contribution in [2.75, 3.05) is 19.8 Å². The van der Waals surface area contributed by atoms with E-state index in [9.17, 15) is 4.79 Å². The number of ether oxygens (including phenoxy) is 2. The van der Waals surface area contributed by atoms with Gasteiger partial charge in [0.15, 0.2) is 17.4 Å². The summed E-state index contributed by atoms with van der Waals surface area (Å²) in [6.07, 6.45) is 16.3. The second-order valence-electron chi connectivity index (χ2n) is 8.39. The fraction of sp³-hybridized carbons (Fsp3) is 0.708. The first-order valence-electron chi connectivity index (χ1n) is 12.0. The normalized spacial score (nSPS) is 17.6. The third-order valence-corrected chi connectivity index (χ3v) is 8.25. The third-order valence-electron chi connectivity index (χ3n) is 5.96. The van der Waals surface area contributed by atoms with Gasteiger partial charge in [0.2, 0.25) is 0 Å². The molecule has 0 aromatic carbocycles. The van der Waals surface area contributed by atoms with E-state index in [0.717, 1.165) is 23.1 Å². The Kier molecular flexibility index (Phi) is 16.9. The van der Waals surface area contributed by atoms with Gasteiger partial charge in [0.1, 0.15) is 4.88 Å². The first-order chi connectivity index (χ1) is 15.7.